The molecular weight excluding hydrogens is 408 g/mol. The van der Waals surface area contributed by atoms with Gasteiger partial charge in [0.2, 0.25) is 0 Å². The van der Waals surface area contributed by atoms with Gasteiger partial charge in [-0.3, -0.25) is 19.1 Å². The Kier molecular flexibility index (Phi) is 4.73. The SMILES string of the molecule is Cc1nn(-c2ccccc2)c(C)c1CNC(=O)c1cnc2c(c1)c(=O)[nH]c(=O)n2C1CC1. The van der Waals surface area contributed by atoms with Crippen LogP contribution < -0.4 is 16.6 Å². The van der Waals surface area contributed by atoms with Crippen molar-refractivity contribution in [1.29, 1.82) is 0 Å². The molecule has 1 aromatic carbocycles. The molecule has 0 unspecified atom stereocenters. The van der Waals surface area contributed by atoms with Gasteiger partial charge in [0, 0.05) is 30.0 Å². The Labute approximate surface area is 182 Å². The number of nitrogens with zero attached hydrogens (tertiary/aromatic N) is 4. The van der Waals surface area contributed by atoms with Crippen molar-refractivity contribution in [3.63, 3.8) is 0 Å². The summed E-state index contributed by atoms with van der Waals surface area (Å²) in [5.41, 5.74) is 3.21. The predicted octanol–water partition coefficient (Wildman–Crippen LogP) is 2.15. The van der Waals surface area contributed by atoms with Crippen LogP contribution in [0, 0.1) is 13.8 Å². The Morgan fingerprint density at radius 1 is 1.19 bits per heavy atom. The molecule has 162 valence electrons. The lowest BCUT2D eigenvalue weighted by molar-refractivity contribution is 0.0950. The number of H-pyrrole nitrogens is 1. The van der Waals surface area contributed by atoms with Gasteiger partial charge in [0.1, 0.15) is 5.65 Å². The molecule has 3 heterocycles. The number of aryl methyl sites for hydroxylation is 1. The monoisotopic (exact) mass is 430 g/mol. The maximum atomic E-state index is 12.8. The lowest BCUT2D eigenvalue weighted by atomic mass is 10.1. The number of carbonyl (C=O) groups excluding carboxylic acids is 1. The summed E-state index contributed by atoms with van der Waals surface area (Å²) < 4.78 is 3.36. The first kappa shape index (κ1) is 19.9. The molecule has 1 amide bonds. The van der Waals surface area contributed by atoms with Crippen molar-refractivity contribution in [2.45, 2.75) is 39.3 Å². The number of hydrogen-bond acceptors (Lipinski definition) is 5. The Morgan fingerprint density at radius 2 is 1.94 bits per heavy atom. The molecule has 32 heavy (non-hydrogen) atoms. The summed E-state index contributed by atoms with van der Waals surface area (Å²) in [7, 11) is 0. The van der Waals surface area contributed by atoms with Gasteiger partial charge in [-0.2, -0.15) is 5.10 Å². The fourth-order valence-corrected chi connectivity index (χ4v) is 3.96. The number of pyridine rings is 1. The van der Waals surface area contributed by atoms with E-state index in [1.54, 1.807) is 0 Å². The summed E-state index contributed by atoms with van der Waals surface area (Å²) in [6.45, 7) is 4.16. The number of hydrogen-bond donors (Lipinski definition) is 2. The van der Waals surface area contributed by atoms with Crippen LogP contribution in [0.15, 0.2) is 52.2 Å². The van der Waals surface area contributed by atoms with Gasteiger partial charge < -0.3 is 5.32 Å². The molecule has 1 saturated carbocycles. The third-order valence-corrected chi connectivity index (χ3v) is 5.82. The minimum absolute atomic E-state index is 0.0566. The van der Waals surface area contributed by atoms with Crippen LogP contribution in [0.25, 0.3) is 16.7 Å². The number of amides is 1. The van der Waals surface area contributed by atoms with Crippen LogP contribution in [0.3, 0.4) is 0 Å². The zero-order chi connectivity index (χ0) is 22.4. The highest BCUT2D eigenvalue weighted by atomic mass is 16.2. The second-order valence-corrected chi connectivity index (χ2v) is 8.04. The van der Waals surface area contributed by atoms with Gasteiger partial charge in [0.05, 0.1) is 22.3 Å². The zero-order valence-corrected chi connectivity index (χ0v) is 17.8. The summed E-state index contributed by atoms with van der Waals surface area (Å²) in [6.07, 6.45) is 3.16. The van der Waals surface area contributed by atoms with E-state index in [1.807, 2.05) is 48.9 Å². The van der Waals surface area contributed by atoms with Gasteiger partial charge in [-0.1, -0.05) is 18.2 Å². The number of para-hydroxylation sites is 1. The van der Waals surface area contributed by atoms with E-state index in [0.717, 1.165) is 35.5 Å². The van der Waals surface area contributed by atoms with E-state index >= 15 is 0 Å². The molecule has 0 bridgehead atoms. The maximum Gasteiger partial charge on any atom is 0.330 e. The quantitative estimate of drug-likeness (QED) is 0.504. The smallest absolute Gasteiger partial charge is 0.330 e. The van der Waals surface area contributed by atoms with E-state index in [0.29, 0.717) is 12.2 Å². The van der Waals surface area contributed by atoms with Crippen molar-refractivity contribution in [3.8, 4) is 5.69 Å². The molecule has 3 aromatic heterocycles. The maximum absolute atomic E-state index is 12.8. The Bertz CT molecular complexity index is 1460. The van der Waals surface area contributed by atoms with E-state index in [9.17, 15) is 14.4 Å². The molecule has 0 atom stereocenters. The molecule has 0 spiro atoms. The average molecular weight is 430 g/mol. The largest absolute Gasteiger partial charge is 0.348 e. The molecule has 2 N–H and O–H groups in total. The van der Waals surface area contributed by atoms with E-state index < -0.39 is 11.2 Å². The molecule has 0 saturated heterocycles. The van der Waals surface area contributed by atoms with Crippen molar-refractivity contribution in [2.24, 2.45) is 0 Å². The van der Waals surface area contributed by atoms with Crippen molar-refractivity contribution in [1.82, 2.24) is 29.6 Å². The third kappa shape index (κ3) is 3.41. The lowest BCUT2D eigenvalue weighted by Gasteiger charge is -2.09. The number of fused-ring (bicyclic) bond motifs is 1. The normalized spacial score (nSPS) is 13.4. The van der Waals surface area contributed by atoms with Crippen molar-refractivity contribution >= 4 is 16.9 Å². The highest BCUT2D eigenvalue weighted by Gasteiger charge is 2.28. The summed E-state index contributed by atoms with van der Waals surface area (Å²) in [5, 5.41) is 7.72. The fourth-order valence-electron chi connectivity index (χ4n) is 3.96. The molecular formula is C23H22N6O3. The molecule has 4 aromatic rings. The topological polar surface area (TPSA) is 115 Å². The Balaban J connectivity index is 1.41. The van der Waals surface area contributed by atoms with Gasteiger partial charge in [0.15, 0.2) is 0 Å². The molecule has 5 rings (SSSR count). The first-order chi connectivity index (χ1) is 15.4. The Hall–Kier alpha value is -4.01. The first-order valence-corrected chi connectivity index (χ1v) is 10.5. The van der Waals surface area contributed by atoms with E-state index in [-0.39, 0.29) is 22.9 Å². The summed E-state index contributed by atoms with van der Waals surface area (Å²) in [6, 6.07) is 11.3. The van der Waals surface area contributed by atoms with E-state index in [1.165, 1.54) is 16.8 Å². The standard InChI is InChI=1S/C23H22N6O3/c1-13-19(14(2)29(27-13)17-6-4-3-5-7-17)12-25-21(30)15-10-18-20(24-11-15)28(16-8-9-16)23(32)26-22(18)31/h3-7,10-11,16H,8-9,12H2,1-2H3,(H,25,30)(H,26,31,32). The van der Waals surface area contributed by atoms with Crippen LogP contribution in [0.5, 0.6) is 0 Å². The number of rotatable bonds is 5. The number of aromatic nitrogens is 5. The first-order valence-electron chi connectivity index (χ1n) is 10.5. The zero-order valence-electron chi connectivity index (χ0n) is 17.8. The molecule has 1 aliphatic rings. The highest BCUT2D eigenvalue weighted by Crippen LogP contribution is 2.34. The minimum atomic E-state index is -0.542. The average Bonchev–Trinajstić information content (AvgIpc) is 3.58. The van der Waals surface area contributed by atoms with Crippen LogP contribution in [0.1, 0.15) is 46.2 Å². The van der Waals surface area contributed by atoms with Gasteiger partial charge in [0.25, 0.3) is 11.5 Å². The minimum Gasteiger partial charge on any atom is -0.348 e. The predicted molar refractivity (Wildman–Crippen MR) is 119 cm³/mol. The van der Waals surface area contributed by atoms with Crippen molar-refractivity contribution in [2.75, 3.05) is 0 Å². The van der Waals surface area contributed by atoms with Crippen LogP contribution >= 0.6 is 0 Å². The van der Waals surface area contributed by atoms with Crippen LogP contribution in [0.4, 0.5) is 0 Å². The fraction of sp³-hybridized carbons (Fsp3) is 0.261. The van der Waals surface area contributed by atoms with Crippen molar-refractivity contribution in [3.05, 3.63) is 85.9 Å². The second kappa shape index (κ2) is 7.60. The molecule has 1 aliphatic carbocycles. The van der Waals surface area contributed by atoms with Crippen LogP contribution in [-0.4, -0.2) is 30.2 Å². The van der Waals surface area contributed by atoms with Gasteiger partial charge in [-0.25, -0.2) is 14.5 Å². The number of carbonyl (C=O) groups is 1. The Morgan fingerprint density at radius 3 is 2.66 bits per heavy atom. The summed E-state index contributed by atoms with van der Waals surface area (Å²) in [4.78, 5) is 43.9. The molecule has 9 heteroatoms. The van der Waals surface area contributed by atoms with E-state index in [2.05, 4.69) is 20.4 Å². The van der Waals surface area contributed by atoms with Gasteiger partial charge >= 0.3 is 5.69 Å². The second-order valence-electron chi connectivity index (χ2n) is 8.04. The van der Waals surface area contributed by atoms with Crippen molar-refractivity contribution < 1.29 is 4.79 Å². The molecule has 0 radical (unpaired) electrons. The summed E-state index contributed by atoms with van der Waals surface area (Å²) in [5.74, 6) is -0.353. The third-order valence-electron chi connectivity index (χ3n) is 5.82. The number of aromatic amines is 1. The number of benzene rings is 1. The summed E-state index contributed by atoms with van der Waals surface area (Å²) >= 11 is 0. The van der Waals surface area contributed by atoms with Crippen LogP contribution in [-0.2, 0) is 6.54 Å². The molecule has 9 nitrogen and oxygen atoms in total. The molecule has 1 fully saturated rings. The van der Waals surface area contributed by atoms with E-state index in [4.69, 9.17) is 0 Å². The van der Waals surface area contributed by atoms with Gasteiger partial charge in [-0.15, -0.1) is 0 Å². The molecule has 0 aliphatic heterocycles. The van der Waals surface area contributed by atoms with Crippen LogP contribution in [0.2, 0.25) is 0 Å². The van der Waals surface area contributed by atoms with Gasteiger partial charge in [-0.05, 0) is 44.9 Å². The lowest BCUT2D eigenvalue weighted by Crippen LogP contribution is -2.31. The highest BCUT2D eigenvalue weighted by molar-refractivity contribution is 5.96. The number of nitrogens with one attached hydrogen (secondary N) is 2.